The molecule has 0 atom stereocenters. The number of aromatic nitrogens is 2. The van der Waals surface area contributed by atoms with Gasteiger partial charge in [-0.2, -0.15) is 9.97 Å². The Hall–Kier alpha value is -0.850. The second kappa shape index (κ2) is 15.3. The molecular formula is C23H44BrN5O4S. The highest BCUT2D eigenvalue weighted by atomic mass is 79.9. The third-order valence-corrected chi connectivity index (χ3v) is 6.91. The molecule has 2 fully saturated rings. The zero-order chi connectivity index (χ0) is 23.1. The molecular weight excluding hydrogens is 522 g/mol. The van der Waals surface area contributed by atoms with Crippen molar-refractivity contribution in [3.8, 4) is 11.8 Å². The quantitative estimate of drug-likeness (QED) is 0.396. The smallest absolute Gasteiger partial charge is 0.236 e. The minimum Gasteiger partial charge on any atom is -0.475 e. The summed E-state index contributed by atoms with van der Waals surface area (Å²) in [5.41, 5.74) is 0. The molecule has 9 nitrogen and oxygen atoms in total. The minimum atomic E-state index is 0. The molecule has 0 spiro atoms. The van der Waals surface area contributed by atoms with Gasteiger partial charge in [0.05, 0.1) is 13.2 Å². The minimum absolute atomic E-state index is 0. The molecule has 34 heavy (non-hydrogen) atoms. The Morgan fingerprint density at radius 1 is 1.03 bits per heavy atom. The largest absolute Gasteiger partial charge is 0.475 e. The van der Waals surface area contributed by atoms with E-state index in [2.05, 4.69) is 49.4 Å². The molecule has 0 amide bonds. The first-order chi connectivity index (χ1) is 15.4. The number of ether oxygens (including phenoxy) is 3. The summed E-state index contributed by atoms with van der Waals surface area (Å²) in [4.78, 5) is 17.5. The SMILES string of the molecule is Br.CSc1c(OCCN(C(C)C)C(C)C)nc(N2CCOCC2)nc1OC1CCN(C)CC1.O. The van der Waals surface area contributed by atoms with Crippen molar-refractivity contribution in [1.29, 1.82) is 0 Å². The van der Waals surface area contributed by atoms with Crippen LogP contribution in [0.2, 0.25) is 0 Å². The van der Waals surface area contributed by atoms with Gasteiger partial charge in [-0.25, -0.2) is 0 Å². The van der Waals surface area contributed by atoms with E-state index in [-0.39, 0.29) is 28.6 Å². The van der Waals surface area contributed by atoms with E-state index in [1.807, 2.05) is 6.26 Å². The first-order valence-corrected chi connectivity index (χ1v) is 13.1. The fourth-order valence-corrected chi connectivity index (χ4v) is 4.83. The lowest BCUT2D eigenvalue weighted by Gasteiger charge is -2.31. The molecule has 2 aliphatic rings. The number of likely N-dealkylation sites (tertiary alicyclic amines) is 1. The van der Waals surface area contributed by atoms with Crippen LogP contribution in [0.5, 0.6) is 11.8 Å². The molecule has 198 valence electrons. The summed E-state index contributed by atoms with van der Waals surface area (Å²) >= 11 is 1.60. The van der Waals surface area contributed by atoms with Crippen molar-refractivity contribution in [3.05, 3.63) is 0 Å². The number of nitrogens with zero attached hydrogens (tertiary/aromatic N) is 5. The summed E-state index contributed by atoms with van der Waals surface area (Å²) in [6, 6.07) is 0.938. The number of morpholine rings is 1. The second-order valence-corrected chi connectivity index (χ2v) is 9.98. The van der Waals surface area contributed by atoms with Crippen molar-refractivity contribution >= 4 is 34.7 Å². The summed E-state index contributed by atoms with van der Waals surface area (Å²) in [6.07, 6.45) is 4.23. The number of halogens is 1. The Balaban J connectivity index is 0.00000289. The van der Waals surface area contributed by atoms with Gasteiger partial charge in [-0.15, -0.1) is 28.7 Å². The van der Waals surface area contributed by atoms with E-state index in [4.69, 9.17) is 24.2 Å². The number of hydrogen-bond donors (Lipinski definition) is 0. The molecule has 0 aliphatic carbocycles. The van der Waals surface area contributed by atoms with E-state index in [9.17, 15) is 0 Å². The standard InChI is InChI=1S/C23H41N5O3S.BrH.H2O/c1-17(2)28(18(3)4)13-16-30-21-20(32-6)22(31-19-7-9-26(5)10-8-19)25-23(24-21)27-11-14-29-15-12-27;;/h17-19H,7-16H2,1-6H3;1H;1H2. The average molecular weight is 567 g/mol. The van der Waals surface area contributed by atoms with Gasteiger partial charge in [0.15, 0.2) is 0 Å². The Kier molecular flexibility index (Phi) is 14.0. The summed E-state index contributed by atoms with van der Waals surface area (Å²) in [6.45, 7) is 15.4. The molecule has 11 heteroatoms. The number of hydrogen-bond acceptors (Lipinski definition) is 9. The van der Waals surface area contributed by atoms with Crippen LogP contribution < -0.4 is 14.4 Å². The van der Waals surface area contributed by atoms with Crippen LogP contribution in [0.1, 0.15) is 40.5 Å². The molecule has 0 unspecified atom stereocenters. The van der Waals surface area contributed by atoms with Gasteiger partial charge < -0.3 is 29.5 Å². The predicted molar refractivity (Wildman–Crippen MR) is 144 cm³/mol. The maximum Gasteiger partial charge on any atom is 0.236 e. The zero-order valence-corrected chi connectivity index (χ0v) is 24.1. The van der Waals surface area contributed by atoms with Crippen LogP contribution in [0.25, 0.3) is 0 Å². The predicted octanol–water partition coefficient (Wildman–Crippen LogP) is 2.76. The van der Waals surface area contributed by atoms with Gasteiger partial charge in [0.1, 0.15) is 17.6 Å². The fraction of sp³-hybridized carbons (Fsp3) is 0.826. The van der Waals surface area contributed by atoms with Crippen molar-refractivity contribution in [2.75, 3.05) is 70.7 Å². The maximum absolute atomic E-state index is 6.45. The van der Waals surface area contributed by atoms with E-state index in [0.29, 0.717) is 49.6 Å². The van der Waals surface area contributed by atoms with Crippen LogP contribution in [-0.2, 0) is 4.74 Å². The first-order valence-electron chi connectivity index (χ1n) is 11.9. The van der Waals surface area contributed by atoms with Gasteiger partial charge in [-0.05, 0) is 53.8 Å². The van der Waals surface area contributed by atoms with Gasteiger partial charge in [-0.1, -0.05) is 0 Å². The Morgan fingerprint density at radius 2 is 1.62 bits per heavy atom. The van der Waals surface area contributed by atoms with Crippen molar-refractivity contribution in [3.63, 3.8) is 0 Å². The Labute approximate surface area is 220 Å². The highest BCUT2D eigenvalue weighted by Crippen LogP contribution is 2.37. The highest BCUT2D eigenvalue weighted by Gasteiger charge is 2.25. The highest BCUT2D eigenvalue weighted by molar-refractivity contribution is 8.93. The summed E-state index contributed by atoms with van der Waals surface area (Å²) in [7, 11) is 2.16. The third kappa shape index (κ3) is 8.67. The Morgan fingerprint density at radius 3 is 2.18 bits per heavy atom. The van der Waals surface area contributed by atoms with Crippen LogP contribution in [0.15, 0.2) is 4.90 Å². The van der Waals surface area contributed by atoms with E-state index in [0.717, 1.165) is 50.5 Å². The molecule has 1 aromatic heterocycles. The first kappa shape index (κ1) is 31.2. The molecule has 1 aromatic rings. The summed E-state index contributed by atoms with van der Waals surface area (Å²) < 4.78 is 18.3. The molecule has 2 N–H and O–H groups in total. The van der Waals surface area contributed by atoms with Gasteiger partial charge in [-0.3, -0.25) is 4.90 Å². The third-order valence-electron chi connectivity index (χ3n) is 6.15. The monoisotopic (exact) mass is 565 g/mol. The van der Waals surface area contributed by atoms with Crippen molar-refractivity contribution in [1.82, 2.24) is 19.8 Å². The molecule has 0 aromatic carbocycles. The number of piperidine rings is 1. The fourth-order valence-electron chi connectivity index (χ4n) is 4.28. The molecule has 2 saturated heterocycles. The molecule has 0 radical (unpaired) electrons. The van der Waals surface area contributed by atoms with Crippen LogP contribution in [-0.4, -0.2) is 109 Å². The van der Waals surface area contributed by atoms with Crippen molar-refractivity contribution in [2.24, 2.45) is 0 Å². The van der Waals surface area contributed by atoms with Crippen LogP contribution >= 0.6 is 28.7 Å². The lowest BCUT2D eigenvalue weighted by molar-refractivity contribution is 0.104. The number of thioether (sulfide) groups is 1. The lowest BCUT2D eigenvalue weighted by Crippen LogP contribution is -2.40. The normalized spacial score (nSPS) is 17.6. The maximum atomic E-state index is 6.45. The van der Waals surface area contributed by atoms with Gasteiger partial charge in [0.25, 0.3) is 0 Å². The lowest BCUT2D eigenvalue weighted by atomic mass is 10.1. The zero-order valence-electron chi connectivity index (χ0n) is 21.6. The number of rotatable bonds is 10. The molecule has 0 saturated carbocycles. The van der Waals surface area contributed by atoms with Gasteiger partial charge in [0.2, 0.25) is 17.7 Å². The molecule has 0 bridgehead atoms. The van der Waals surface area contributed by atoms with Gasteiger partial charge >= 0.3 is 0 Å². The second-order valence-electron chi connectivity index (χ2n) is 9.16. The summed E-state index contributed by atoms with van der Waals surface area (Å²) in [5.74, 6) is 1.96. The average Bonchev–Trinajstić information content (AvgIpc) is 2.78. The van der Waals surface area contributed by atoms with Gasteiger partial charge in [0, 0.05) is 44.8 Å². The number of anilines is 1. The van der Waals surface area contributed by atoms with E-state index in [1.165, 1.54) is 0 Å². The van der Waals surface area contributed by atoms with E-state index >= 15 is 0 Å². The Bertz CT molecular complexity index is 709. The van der Waals surface area contributed by atoms with E-state index in [1.54, 1.807) is 11.8 Å². The molecule has 3 heterocycles. The topological polar surface area (TPSA) is 94.7 Å². The van der Waals surface area contributed by atoms with E-state index < -0.39 is 0 Å². The van der Waals surface area contributed by atoms with Crippen LogP contribution in [0.4, 0.5) is 5.95 Å². The molecule has 2 aliphatic heterocycles. The molecule has 3 rings (SSSR count). The van der Waals surface area contributed by atoms with Crippen LogP contribution in [0, 0.1) is 0 Å². The van der Waals surface area contributed by atoms with Crippen molar-refractivity contribution in [2.45, 2.75) is 63.6 Å². The van der Waals surface area contributed by atoms with Crippen molar-refractivity contribution < 1.29 is 19.7 Å². The van der Waals surface area contributed by atoms with Crippen LogP contribution in [0.3, 0.4) is 0 Å². The summed E-state index contributed by atoms with van der Waals surface area (Å²) in [5, 5.41) is 0.